The predicted octanol–water partition coefficient (Wildman–Crippen LogP) is 2.44. The third kappa shape index (κ3) is 5.61. The molecule has 0 atom stereocenters. The largest absolute Gasteiger partial charge is 0.341 e. The van der Waals surface area contributed by atoms with Crippen molar-refractivity contribution >= 4 is 5.91 Å². The molecule has 0 radical (unpaired) electrons. The van der Waals surface area contributed by atoms with Gasteiger partial charge in [0.15, 0.2) is 0 Å². The van der Waals surface area contributed by atoms with E-state index in [0.717, 1.165) is 32.2 Å². The Kier molecular flexibility index (Phi) is 6.30. The summed E-state index contributed by atoms with van der Waals surface area (Å²) in [6, 6.07) is 2.11. The molecule has 0 unspecified atom stereocenters. The highest BCUT2D eigenvalue weighted by molar-refractivity contribution is 5.77. The second-order valence-corrected chi connectivity index (χ2v) is 6.24. The SMILES string of the molecule is CC(C)CN(CCC#N)C(=O)CC1(N)CCCCC1. The highest BCUT2D eigenvalue weighted by Gasteiger charge is 2.31. The number of nitrogens with zero attached hydrogens (tertiary/aromatic N) is 2. The summed E-state index contributed by atoms with van der Waals surface area (Å²) in [7, 11) is 0. The minimum absolute atomic E-state index is 0.119. The Bertz CT molecular complexity index is 327. The summed E-state index contributed by atoms with van der Waals surface area (Å²) < 4.78 is 0. The molecule has 4 nitrogen and oxygen atoms in total. The number of rotatable bonds is 6. The molecule has 0 heterocycles. The third-order valence-corrected chi connectivity index (χ3v) is 3.78. The van der Waals surface area contributed by atoms with Crippen molar-refractivity contribution in [2.75, 3.05) is 13.1 Å². The van der Waals surface area contributed by atoms with E-state index in [2.05, 4.69) is 19.9 Å². The van der Waals surface area contributed by atoms with Crippen molar-refractivity contribution in [2.45, 2.75) is 64.3 Å². The maximum absolute atomic E-state index is 12.4. The molecule has 0 aromatic carbocycles. The zero-order valence-electron chi connectivity index (χ0n) is 12.3. The van der Waals surface area contributed by atoms with Gasteiger partial charge < -0.3 is 10.6 Å². The van der Waals surface area contributed by atoms with Crippen LogP contribution >= 0.6 is 0 Å². The Hall–Kier alpha value is -1.08. The number of hydrogen-bond donors (Lipinski definition) is 1. The minimum atomic E-state index is -0.308. The Morgan fingerprint density at radius 1 is 1.37 bits per heavy atom. The van der Waals surface area contributed by atoms with Gasteiger partial charge in [0.2, 0.25) is 5.91 Å². The molecule has 1 amide bonds. The number of carbonyl (C=O) groups is 1. The van der Waals surface area contributed by atoms with Crippen LogP contribution in [-0.4, -0.2) is 29.4 Å². The van der Waals surface area contributed by atoms with Crippen LogP contribution in [-0.2, 0) is 4.79 Å². The normalized spacial score (nSPS) is 18.1. The zero-order valence-corrected chi connectivity index (χ0v) is 12.3. The highest BCUT2D eigenvalue weighted by atomic mass is 16.2. The van der Waals surface area contributed by atoms with E-state index in [0.29, 0.717) is 25.3 Å². The zero-order chi connectivity index (χ0) is 14.3. The van der Waals surface area contributed by atoms with E-state index in [1.165, 1.54) is 6.42 Å². The fourth-order valence-corrected chi connectivity index (χ4v) is 2.79. The van der Waals surface area contributed by atoms with Crippen LogP contribution in [0, 0.1) is 17.2 Å². The summed E-state index contributed by atoms with van der Waals surface area (Å²) in [6.45, 7) is 5.43. The van der Waals surface area contributed by atoms with Gasteiger partial charge in [0.1, 0.15) is 0 Å². The maximum Gasteiger partial charge on any atom is 0.224 e. The van der Waals surface area contributed by atoms with Gasteiger partial charge in [-0.05, 0) is 18.8 Å². The Balaban J connectivity index is 2.57. The van der Waals surface area contributed by atoms with Gasteiger partial charge >= 0.3 is 0 Å². The number of nitriles is 1. The molecule has 0 aromatic heterocycles. The van der Waals surface area contributed by atoms with Gasteiger partial charge in [-0.25, -0.2) is 0 Å². The molecular weight excluding hydrogens is 238 g/mol. The lowest BCUT2D eigenvalue weighted by molar-refractivity contribution is -0.133. The first-order valence-corrected chi connectivity index (χ1v) is 7.40. The molecule has 0 saturated heterocycles. The summed E-state index contributed by atoms with van der Waals surface area (Å²) >= 11 is 0. The monoisotopic (exact) mass is 265 g/mol. The van der Waals surface area contributed by atoms with Crippen LogP contribution in [0.2, 0.25) is 0 Å². The van der Waals surface area contributed by atoms with Gasteiger partial charge in [-0.15, -0.1) is 0 Å². The van der Waals surface area contributed by atoms with Crippen LogP contribution in [0.3, 0.4) is 0 Å². The van der Waals surface area contributed by atoms with Crippen molar-refractivity contribution in [3.05, 3.63) is 0 Å². The number of nitrogens with two attached hydrogens (primary N) is 1. The molecule has 0 bridgehead atoms. The lowest BCUT2D eigenvalue weighted by Crippen LogP contribution is -2.47. The van der Waals surface area contributed by atoms with Crippen LogP contribution < -0.4 is 5.73 Å². The van der Waals surface area contributed by atoms with Crippen molar-refractivity contribution in [3.63, 3.8) is 0 Å². The highest BCUT2D eigenvalue weighted by Crippen LogP contribution is 2.29. The summed E-state index contributed by atoms with van der Waals surface area (Å²) in [4.78, 5) is 14.2. The second kappa shape index (κ2) is 7.49. The average Bonchev–Trinajstić information content (AvgIpc) is 2.34. The summed E-state index contributed by atoms with van der Waals surface area (Å²) in [5.74, 6) is 0.538. The Morgan fingerprint density at radius 2 is 2.00 bits per heavy atom. The van der Waals surface area contributed by atoms with E-state index >= 15 is 0 Å². The van der Waals surface area contributed by atoms with Crippen molar-refractivity contribution in [1.29, 1.82) is 5.26 Å². The quantitative estimate of drug-likeness (QED) is 0.802. The molecule has 0 spiro atoms. The van der Waals surface area contributed by atoms with Crippen LogP contribution in [0.5, 0.6) is 0 Å². The van der Waals surface area contributed by atoms with Gasteiger partial charge in [0.25, 0.3) is 0 Å². The Morgan fingerprint density at radius 3 is 2.53 bits per heavy atom. The molecule has 4 heteroatoms. The molecule has 1 rings (SSSR count). The van der Waals surface area contributed by atoms with Crippen LogP contribution in [0.25, 0.3) is 0 Å². The lowest BCUT2D eigenvalue weighted by Gasteiger charge is -2.35. The van der Waals surface area contributed by atoms with Crippen molar-refractivity contribution in [1.82, 2.24) is 4.90 Å². The van der Waals surface area contributed by atoms with Crippen molar-refractivity contribution < 1.29 is 4.79 Å². The standard InChI is InChI=1S/C15H27N3O/c1-13(2)12-18(10-6-9-16)14(19)11-15(17)7-4-3-5-8-15/h13H,3-8,10-12,17H2,1-2H3. The topological polar surface area (TPSA) is 70.1 Å². The molecule has 1 saturated carbocycles. The molecular formula is C15H27N3O. The minimum Gasteiger partial charge on any atom is -0.341 e. The van der Waals surface area contributed by atoms with Gasteiger partial charge in [0.05, 0.1) is 12.5 Å². The predicted molar refractivity (Wildman–Crippen MR) is 76.3 cm³/mol. The van der Waals surface area contributed by atoms with Crippen LogP contribution in [0.1, 0.15) is 58.8 Å². The molecule has 108 valence electrons. The van der Waals surface area contributed by atoms with Crippen LogP contribution in [0.4, 0.5) is 0 Å². The third-order valence-electron chi connectivity index (χ3n) is 3.78. The van der Waals surface area contributed by atoms with Crippen LogP contribution in [0.15, 0.2) is 0 Å². The average molecular weight is 265 g/mol. The molecule has 1 aliphatic carbocycles. The molecule has 0 aliphatic heterocycles. The van der Waals surface area contributed by atoms with E-state index < -0.39 is 0 Å². The molecule has 1 fully saturated rings. The van der Waals surface area contributed by atoms with E-state index in [9.17, 15) is 4.79 Å². The summed E-state index contributed by atoms with van der Waals surface area (Å²) in [6.07, 6.45) is 6.23. The summed E-state index contributed by atoms with van der Waals surface area (Å²) in [5, 5.41) is 8.69. The number of amides is 1. The first-order chi connectivity index (χ1) is 8.97. The fraction of sp³-hybridized carbons (Fsp3) is 0.867. The lowest BCUT2D eigenvalue weighted by atomic mass is 9.80. The molecule has 1 aliphatic rings. The molecule has 2 N–H and O–H groups in total. The van der Waals surface area contributed by atoms with E-state index in [1.807, 2.05) is 4.90 Å². The van der Waals surface area contributed by atoms with Crippen molar-refractivity contribution in [3.8, 4) is 6.07 Å². The second-order valence-electron chi connectivity index (χ2n) is 6.24. The molecule has 0 aromatic rings. The van der Waals surface area contributed by atoms with E-state index in [1.54, 1.807) is 0 Å². The number of hydrogen-bond acceptors (Lipinski definition) is 3. The fourth-order valence-electron chi connectivity index (χ4n) is 2.79. The smallest absolute Gasteiger partial charge is 0.224 e. The summed E-state index contributed by atoms with van der Waals surface area (Å²) in [5.41, 5.74) is 6.04. The number of carbonyl (C=O) groups excluding carboxylic acids is 1. The van der Waals surface area contributed by atoms with Gasteiger partial charge in [-0.2, -0.15) is 5.26 Å². The molecule has 19 heavy (non-hydrogen) atoms. The van der Waals surface area contributed by atoms with Gasteiger partial charge in [0, 0.05) is 25.0 Å². The Labute approximate surface area is 116 Å². The van der Waals surface area contributed by atoms with E-state index in [4.69, 9.17) is 11.0 Å². The van der Waals surface area contributed by atoms with Crippen molar-refractivity contribution in [2.24, 2.45) is 11.7 Å². The first-order valence-electron chi connectivity index (χ1n) is 7.40. The van der Waals surface area contributed by atoms with Gasteiger partial charge in [-0.1, -0.05) is 33.1 Å². The van der Waals surface area contributed by atoms with E-state index in [-0.39, 0.29) is 11.4 Å². The first kappa shape index (κ1) is 16.0. The maximum atomic E-state index is 12.4. The van der Waals surface area contributed by atoms with Gasteiger partial charge in [-0.3, -0.25) is 4.79 Å².